The summed E-state index contributed by atoms with van der Waals surface area (Å²) >= 11 is 0. The lowest BCUT2D eigenvalue weighted by atomic mass is 9.84. The molecule has 1 aromatic rings. The molecule has 2 N–H and O–H groups in total. The molecule has 1 amide bonds. The van der Waals surface area contributed by atoms with Gasteiger partial charge >= 0.3 is 5.97 Å². The van der Waals surface area contributed by atoms with Crippen molar-refractivity contribution in [3.8, 4) is 0 Å². The molecular weight excluding hydrogens is 266 g/mol. The Morgan fingerprint density at radius 1 is 1.19 bits per heavy atom. The van der Waals surface area contributed by atoms with E-state index in [0.717, 1.165) is 12.0 Å². The molecule has 0 fully saturated rings. The summed E-state index contributed by atoms with van der Waals surface area (Å²) in [5.41, 5.74) is 1.65. The average Bonchev–Trinajstić information content (AvgIpc) is 2.28. The van der Waals surface area contributed by atoms with Gasteiger partial charge in [0.25, 0.3) is 0 Å². The van der Waals surface area contributed by atoms with Crippen LogP contribution < -0.4 is 5.32 Å². The van der Waals surface area contributed by atoms with E-state index in [0.29, 0.717) is 18.0 Å². The third-order valence-electron chi connectivity index (χ3n) is 3.09. The van der Waals surface area contributed by atoms with Crippen molar-refractivity contribution in [2.24, 2.45) is 11.3 Å². The number of benzene rings is 1. The number of carbonyl (C=O) groups is 2. The van der Waals surface area contributed by atoms with Gasteiger partial charge in [-0.15, -0.1) is 0 Å². The predicted molar refractivity (Wildman–Crippen MR) is 84.3 cm³/mol. The van der Waals surface area contributed by atoms with Crippen LogP contribution in [-0.2, 0) is 16.0 Å². The molecule has 0 aliphatic carbocycles. The van der Waals surface area contributed by atoms with Crippen molar-refractivity contribution < 1.29 is 14.7 Å². The highest BCUT2D eigenvalue weighted by atomic mass is 16.4. The zero-order chi connectivity index (χ0) is 16.0. The Hall–Kier alpha value is -1.84. The largest absolute Gasteiger partial charge is 0.481 e. The van der Waals surface area contributed by atoms with Gasteiger partial charge in [-0.25, -0.2) is 0 Å². The minimum atomic E-state index is -0.859. The highest BCUT2D eigenvalue weighted by molar-refractivity contribution is 5.90. The van der Waals surface area contributed by atoms with E-state index in [2.05, 4.69) is 33.0 Å². The Bertz CT molecular complexity index is 486. The number of carboxylic acids is 1. The maximum absolute atomic E-state index is 12.0. The molecule has 1 aromatic carbocycles. The number of amides is 1. The van der Waals surface area contributed by atoms with E-state index >= 15 is 0 Å². The number of aliphatic carboxylic acids is 1. The van der Waals surface area contributed by atoms with Crippen molar-refractivity contribution in [1.29, 1.82) is 0 Å². The van der Waals surface area contributed by atoms with Crippen molar-refractivity contribution >= 4 is 17.6 Å². The van der Waals surface area contributed by atoms with Crippen molar-refractivity contribution in [3.63, 3.8) is 0 Å². The van der Waals surface area contributed by atoms with Gasteiger partial charge in [0.1, 0.15) is 0 Å². The van der Waals surface area contributed by atoms with Crippen LogP contribution in [0, 0.1) is 11.3 Å². The molecule has 116 valence electrons. The van der Waals surface area contributed by atoms with E-state index in [4.69, 9.17) is 5.11 Å². The van der Waals surface area contributed by atoms with E-state index in [1.165, 1.54) is 0 Å². The molecule has 0 saturated heterocycles. The highest BCUT2D eigenvalue weighted by Crippen LogP contribution is 2.26. The van der Waals surface area contributed by atoms with Gasteiger partial charge < -0.3 is 10.4 Å². The Balaban J connectivity index is 2.49. The minimum absolute atomic E-state index is 0.00210. The summed E-state index contributed by atoms with van der Waals surface area (Å²) < 4.78 is 0. The van der Waals surface area contributed by atoms with Crippen LogP contribution in [0.1, 0.15) is 46.1 Å². The SMILES string of the molecule is CC(CC(=O)Nc1ccc(CC(=O)O)cc1)CC(C)(C)C. The summed E-state index contributed by atoms with van der Waals surface area (Å²) in [6.45, 7) is 8.59. The summed E-state index contributed by atoms with van der Waals surface area (Å²) in [6, 6.07) is 6.93. The normalized spacial score (nSPS) is 12.8. The number of carbonyl (C=O) groups excluding carboxylic acids is 1. The predicted octanol–water partition coefficient (Wildman–Crippen LogP) is 3.71. The minimum Gasteiger partial charge on any atom is -0.481 e. The summed E-state index contributed by atoms with van der Waals surface area (Å²) in [7, 11) is 0. The second-order valence-corrected chi connectivity index (χ2v) is 6.89. The van der Waals surface area contributed by atoms with Crippen LogP contribution in [0.2, 0.25) is 0 Å². The van der Waals surface area contributed by atoms with Gasteiger partial charge in [0.15, 0.2) is 0 Å². The molecule has 1 unspecified atom stereocenters. The van der Waals surface area contributed by atoms with Crippen molar-refractivity contribution in [2.45, 2.75) is 47.0 Å². The van der Waals surface area contributed by atoms with E-state index in [9.17, 15) is 9.59 Å². The van der Waals surface area contributed by atoms with Gasteiger partial charge in [-0.2, -0.15) is 0 Å². The third-order valence-corrected chi connectivity index (χ3v) is 3.09. The molecule has 1 rings (SSSR count). The molecule has 21 heavy (non-hydrogen) atoms. The van der Waals surface area contributed by atoms with Crippen LogP contribution in [0.4, 0.5) is 5.69 Å². The van der Waals surface area contributed by atoms with Crippen molar-refractivity contribution in [1.82, 2.24) is 0 Å². The monoisotopic (exact) mass is 291 g/mol. The maximum Gasteiger partial charge on any atom is 0.307 e. The molecule has 4 heteroatoms. The van der Waals surface area contributed by atoms with Crippen LogP contribution in [0.25, 0.3) is 0 Å². The summed E-state index contributed by atoms with van der Waals surface area (Å²) in [5, 5.41) is 11.6. The number of hydrogen-bond acceptors (Lipinski definition) is 2. The van der Waals surface area contributed by atoms with E-state index < -0.39 is 5.97 Å². The first-order valence-electron chi connectivity index (χ1n) is 7.26. The molecule has 0 bridgehead atoms. The number of nitrogens with one attached hydrogen (secondary N) is 1. The van der Waals surface area contributed by atoms with Gasteiger partial charge in [-0.05, 0) is 35.4 Å². The van der Waals surface area contributed by atoms with Crippen molar-refractivity contribution in [3.05, 3.63) is 29.8 Å². The molecule has 0 saturated carbocycles. The molecule has 0 aromatic heterocycles. The molecule has 0 heterocycles. The zero-order valence-corrected chi connectivity index (χ0v) is 13.3. The van der Waals surface area contributed by atoms with Gasteiger partial charge in [0.2, 0.25) is 5.91 Å². The van der Waals surface area contributed by atoms with Crippen molar-refractivity contribution in [2.75, 3.05) is 5.32 Å². The first-order valence-corrected chi connectivity index (χ1v) is 7.26. The summed E-state index contributed by atoms with van der Waals surface area (Å²) in [6.07, 6.45) is 1.49. The quantitative estimate of drug-likeness (QED) is 0.839. The Morgan fingerprint density at radius 2 is 1.76 bits per heavy atom. The standard InChI is InChI=1S/C17H25NO3/c1-12(11-17(2,3)4)9-15(19)18-14-7-5-13(6-8-14)10-16(20)21/h5-8,12H,9-11H2,1-4H3,(H,18,19)(H,20,21). The number of anilines is 1. The second kappa shape index (κ2) is 7.25. The molecule has 0 aliphatic rings. The van der Waals surface area contributed by atoms with Crippen LogP contribution >= 0.6 is 0 Å². The van der Waals surface area contributed by atoms with Gasteiger partial charge in [0, 0.05) is 12.1 Å². The fourth-order valence-corrected chi connectivity index (χ4v) is 2.53. The van der Waals surface area contributed by atoms with Crippen LogP contribution in [-0.4, -0.2) is 17.0 Å². The second-order valence-electron chi connectivity index (χ2n) is 6.89. The smallest absolute Gasteiger partial charge is 0.307 e. The Kier molecular flexibility index (Phi) is 5.94. The molecular formula is C17H25NO3. The van der Waals surface area contributed by atoms with E-state index in [1.54, 1.807) is 24.3 Å². The number of rotatable bonds is 6. The van der Waals surface area contributed by atoms with Crippen LogP contribution in [0.15, 0.2) is 24.3 Å². The lowest BCUT2D eigenvalue weighted by molar-refractivity contribution is -0.136. The van der Waals surface area contributed by atoms with E-state index in [-0.39, 0.29) is 17.7 Å². The van der Waals surface area contributed by atoms with Gasteiger partial charge in [-0.3, -0.25) is 9.59 Å². The fraction of sp³-hybridized carbons (Fsp3) is 0.529. The topological polar surface area (TPSA) is 66.4 Å². The first kappa shape index (κ1) is 17.2. The van der Waals surface area contributed by atoms with Crippen LogP contribution in [0.5, 0.6) is 0 Å². The maximum atomic E-state index is 12.0. The Morgan fingerprint density at radius 3 is 2.24 bits per heavy atom. The third kappa shape index (κ3) is 7.49. The number of carboxylic acid groups (broad SMARTS) is 1. The molecule has 4 nitrogen and oxygen atoms in total. The molecule has 1 atom stereocenters. The number of hydrogen-bond donors (Lipinski definition) is 2. The lowest BCUT2D eigenvalue weighted by Gasteiger charge is -2.22. The zero-order valence-electron chi connectivity index (χ0n) is 13.3. The van der Waals surface area contributed by atoms with Gasteiger partial charge in [-0.1, -0.05) is 39.8 Å². The Labute approximate surface area is 126 Å². The first-order chi connectivity index (χ1) is 9.65. The highest BCUT2D eigenvalue weighted by Gasteiger charge is 2.17. The summed E-state index contributed by atoms with van der Waals surface area (Å²) in [4.78, 5) is 22.6. The van der Waals surface area contributed by atoms with Crippen LogP contribution in [0.3, 0.4) is 0 Å². The lowest BCUT2D eigenvalue weighted by Crippen LogP contribution is -2.18. The van der Waals surface area contributed by atoms with Gasteiger partial charge in [0.05, 0.1) is 6.42 Å². The fourth-order valence-electron chi connectivity index (χ4n) is 2.53. The molecule has 0 radical (unpaired) electrons. The molecule has 0 aliphatic heterocycles. The summed E-state index contributed by atoms with van der Waals surface area (Å²) in [5.74, 6) is -0.531. The molecule has 0 spiro atoms. The van der Waals surface area contributed by atoms with E-state index in [1.807, 2.05) is 0 Å². The average molecular weight is 291 g/mol.